The number of benzene rings is 1. The molecule has 1 fully saturated rings. The second kappa shape index (κ2) is 5.45. The summed E-state index contributed by atoms with van der Waals surface area (Å²) in [5.41, 5.74) is 0.978. The molecular weight excluding hydrogens is 240 g/mol. The van der Waals surface area contributed by atoms with Crippen LogP contribution in [0.2, 0.25) is 0 Å². The second-order valence-corrected chi connectivity index (χ2v) is 4.86. The molecule has 0 spiro atoms. The molecule has 1 aromatic carbocycles. The molecule has 1 atom stereocenters. The van der Waals surface area contributed by atoms with E-state index in [1.165, 1.54) is 12.8 Å². The van der Waals surface area contributed by atoms with Gasteiger partial charge in [0.25, 0.3) is 0 Å². The molecule has 100 valence electrons. The van der Waals surface area contributed by atoms with Crippen molar-refractivity contribution in [3.05, 3.63) is 36.2 Å². The van der Waals surface area contributed by atoms with Gasteiger partial charge in [0, 0.05) is 18.0 Å². The molecule has 1 N–H and O–H groups in total. The molecule has 2 aromatic rings. The van der Waals surface area contributed by atoms with Crippen molar-refractivity contribution in [2.24, 2.45) is 0 Å². The van der Waals surface area contributed by atoms with Crippen LogP contribution in [0.15, 0.2) is 34.9 Å². The number of oxazole rings is 1. The lowest BCUT2D eigenvalue weighted by atomic mass is 10.1. The van der Waals surface area contributed by atoms with Crippen LogP contribution in [-0.4, -0.2) is 24.7 Å². The highest BCUT2D eigenvalue weighted by Crippen LogP contribution is 2.23. The predicted molar refractivity (Wildman–Crippen MR) is 73.2 cm³/mol. The first kappa shape index (κ1) is 12.2. The van der Waals surface area contributed by atoms with Crippen molar-refractivity contribution in [2.75, 3.05) is 13.7 Å². The van der Waals surface area contributed by atoms with Gasteiger partial charge in [0.05, 0.1) is 13.3 Å². The summed E-state index contributed by atoms with van der Waals surface area (Å²) in [6.45, 7) is 1.12. The standard InChI is InChI=1S/C15H18N2O2/c1-18-13-6-4-11(5-7-13)15-17-10-14(19-15)9-12-3-2-8-16-12/h4-7,10,12,16H,2-3,8-9H2,1H3. The van der Waals surface area contributed by atoms with Crippen molar-refractivity contribution < 1.29 is 9.15 Å². The van der Waals surface area contributed by atoms with Gasteiger partial charge in [-0.25, -0.2) is 4.98 Å². The zero-order valence-electron chi connectivity index (χ0n) is 11.1. The third kappa shape index (κ3) is 2.79. The molecule has 1 saturated heterocycles. The minimum atomic E-state index is 0.539. The Hall–Kier alpha value is -1.81. The lowest BCUT2D eigenvalue weighted by Crippen LogP contribution is -2.23. The van der Waals surface area contributed by atoms with Crippen LogP contribution in [0.4, 0.5) is 0 Å². The molecule has 1 aliphatic heterocycles. The first-order valence-electron chi connectivity index (χ1n) is 6.67. The highest BCUT2D eigenvalue weighted by Gasteiger charge is 2.17. The molecule has 4 nitrogen and oxygen atoms in total. The third-order valence-corrected chi connectivity index (χ3v) is 3.50. The van der Waals surface area contributed by atoms with Crippen LogP contribution in [0, 0.1) is 0 Å². The summed E-state index contributed by atoms with van der Waals surface area (Å²) in [7, 11) is 1.66. The summed E-state index contributed by atoms with van der Waals surface area (Å²) in [6, 6.07) is 8.29. The Labute approximate surface area is 112 Å². The third-order valence-electron chi connectivity index (χ3n) is 3.50. The summed E-state index contributed by atoms with van der Waals surface area (Å²) in [5.74, 6) is 2.46. The molecular formula is C15H18N2O2. The average Bonchev–Trinajstić information content (AvgIpc) is 3.11. The summed E-state index contributed by atoms with van der Waals surface area (Å²) in [6.07, 6.45) is 5.23. The largest absolute Gasteiger partial charge is 0.497 e. The number of hydrogen-bond acceptors (Lipinski definition) is 4. The van der Waals surface area contributed by atoms with Gasteiger partial charge in [-0.1, -0.05) is 0 Å². The van der Waals surface area contributed by atoms with E-state index >= 15 is 0 Å². The first-order chi connectivity index (χ1) is 9.35. The van der Waals surface area contributed by atoms with Crippen molar-refractivity contribution in [3.63, 3.8) is 0 Å². The van der Waals surface area contributed by atoms with Gasteiger partial charge in [-0.3, -0.25) is 0 Å². The second-order valence-electron chi connectivity index (χ2n) is 4.86. The molecule has 1 unspecified atom stereocenters. The molecule has 1 aliphatic rings. The maximum atomic E-state index is 5.81. The number of aromatic nitrogens is 1. The van der Waals surface area contributed by atoms with Crippen LogP contribution in [0.3, 0.4) is 0 Å². The van der Waals surface area contributed by atoms with Gasteiger partial charge in [-0.2, -0.15) is 0 Å². The molecule has 1 aromatic heterocycles. The molecule has 0 saturated carbocycles. The maximum Gasteiger partial charge on any atom is 0.226 e. The summed E-state index contributed by atoms with van der Waals surface area (Å²) >= 11 is 0. The Morgan fingerprint density at radius 2 is 2.21 bits per heavy atom. The lowest BCUT2D eigenvalue weighted by Gasteiger charge is -2.06. The van der Waals surface area contributed by atoms with Crippen LogP contribution < -0.4 is 10.1 Å². The Morgan fingerprint density at radius 3 is 2.89 bits per heavy atom. The molecule has 0 aliphatic carbocycles. The lowest BCUT2D eigenvalue weighted by molar-refractivity contribution is 0.415. The van der Waals surface area contributed by atoms with E-state index in [-0.39, 0.29) is 0 Å². The van der Waals surface area contributed by atoms with Crippen LogP contribution in [0.5, 0.6) is 5.75 Å². The minimum Gasteiger partial charge on any atom is -0.497 e. The van der Waals surface area contributed by atoms with Gasteiger partial charge in [0.2, 0.25) is 5.89 Å². The molecule has 0 radical (unpaired) electrons. The van der Waals surface area contributed by atoms with Gasteiger partial charge in [-0.15, -0.1) is 0 Å². The van der Waals surface area contributed by atoms with E-state index in [4.69, 9.17) is 9.15 Å². The SMILES string of the molecule is COc1ccc(-c2ncc(CC3CCCN3)o2)cc1. The average molecular weight is 258 g/mol. The van der Waals surface area contributed by atoms with Gasteiger partial charge in [-0.05, 0) is 43.7 Å². The molecule has 19 heavy (non-hydrogen) atoms. The Balaban J connectivity index is 1.72. The van der Waals surface area contributed by atoms with Gasteiger partial charge < -0.3 is 14.5 Å². The number of hydrogen-bond donors (Lipinski definition) is 1. The predicted octanol–water partition coefficient (Wildman–Crippen LogP) is 2.64. The first-order valence-corrected chi connectivity index (χ1v) is 6.67. The Kier molecular flexibility index (Phi) is 3.51. The zero-order chi connectivity index (χ0) is 13.1. The van der Waals surface area contributed by atoms with E-state index in [0.29, 0.717) is 11.9 Å². The van der Waals surface area contributed by atoms with E-state index in [1.807, 2.05) is 30.5 Å². The van der Waals surface area contributed by atoms with E-state index in [2.05, 4.69) is 10.3 Å². The highest BCUT2D eigenvalue weighted by atomic mass is 16.5. The smallest absolute Gasteiger partial charge is 0.226 e. The normalized spacial score (nSPS) is 18.7. The Bertz CT molecular complexity index is 527. The van der Waals surface area contributed by atoms with Crippen molar-refractivity contribution in [3.8, 4) is 17.2 Å². The fourth-order valence-corrected chi connectivity index (χ4v) is 2.44. The van der Waals surface area contributed by atoms with Crippen LogP contribution in [0.1, 0.15) is 18.6 Å². The number of methoxy groups -OCH3 is 1. The molecule has 0 amide bonds. The van der Waals surface area contributed by atoms with E-state index in [0.717, 1.165) is 30.0 Å². The van der Waals surface area contributed by atoms with Gasteiger partial charge >= 0.3 is 0 Å². The molecule has 4 heteroatoms. The van der Waals surface area contributed by atoms with Crippen molar-refractivity contribution in [1.29, 1.82) is 0 Å². The van der Waals surface area contributed by atoms with Crippen LogP contribution in [-0.2, 0) is 6.42 Å². The van der Waals surface area contributed by atoms with E-state index in [9.17, 15) is 0 Å². The highest BCUT2D eigenvalue weighted by molar-refractivity contribution is 5.54. The Morgan fingerprint density at radius 1 is 1.37 bits per heavy atom. The number of ether oxygens (including phenoxy) is 1. The fraction of sp³-hybridized carbons (Fsp3) is 0.400. The van der Waals surface area contributed by atoms with Crippen molar-refractivity contribution in [2.45, 2.75) is 25.3 Å². The number of rotatable bonds is 4. The van der Waals surface area contributed by atoms with E-state index < -0.39 is 0 Å². The monoisotopic (exact) mass is 258 g/mol. The summed E-state index contributed by atoms with van der Waals surface area (Å²) in [4.78, 5) is 4.35. The zero-order valence-corrected chi connectivity index (χ0v) is 11.1. The molecule has 2 heterocycles. The number of nitrogens with one attached hydrogen (secondary N) is 1. The summed E-state index contributed by atoms with van der Waals surface area (Å²) < 4.78 is 11.0. The topological polar surface area (TPSA) is 47.3 Å². The van der Waals surface area contributed by atoms with Crippen LogP contribution in [0.25, 0.3) is 11.5 Å². The summed E-state index contributed by atoms with van der Waals surface area (Å²) in [5, 5.41) is 3.46. The maximum absolute atomic E-state index is 5.81. The number of nitrogens with zero attached hydrogens (tertiary/aromatic N) is 1. The minimum absolute atomic E-state index is 0.539. The quantitative estimate of drug-likeness (QED) is 0.915. The van der Waals surface area contributed by atoms with E-state index in [1.54, 1.807) is 7.11 Å². The van der Waals surface area contributed by atoms with Crippen molar-refractivity contribution >= 4 is 0 Å². The fourth-order valence-electron chi connectivity index (χ4n) is 2.44. The van der Waals surface area contributed by atoms with Gasteiger partial charge in [0.1, 0.15) is 11.5 Å². The van der Waals surface area contributed by atoms with Gasteiger partial charge in [0.15, 0.2) is 0 Å². The molecule has 3 rings (SSSR count). The molecule has 0 bridgehead atoms. The van der Waals surface area contributed by atoms with Crippen molar-refractivity contribution in [1.82, 2.24) is 10.3 Å². The van der Waals surface area contributed by atoms with Crippen LogP contribution >= 0.6 is 0 Å².